The molecule has 0 aliphatic carbocycles. The molecule has 17 heavy (non-hydrogen) atoms. The fraction of sp³-hybridized carbons (Fsp3) is 0.583. The number of nitrogens with one attached hydrogen (secondary N) is 1. The fourth-order valence-corrected chi connectivity index (χ4v) is 1.80. The zero-order valence-electron chi connectivity index (χ0n) is 10.4. The molecule has 1 heterocycles. The first kappa shape index (κ1) is 14.1. The number of nitrogens with zero attached hydrogens (tertiary/aromatic N) is 1. The first-order valence-corrected chi connectivity index (χ1v) is 6.16. The van der Waals surface area contributed by atoms with E-state index in [1.165, 1.54) is 0 Å². The minimum atomic E-state index is -0.211. The summed E-state index contributed by atoms with van der Waals surface area (Å²) < 4.78 is 1.82. The average molecular weight is 259 g/mol. The van der Waals surface area contributed by atoms with Gasteiger partial charge in [0.25, 0.3) is 5.91 Å². The Bertz CT molecular complexity index is 384. The summed E-state index contributed by atoms with van der Waals surface area (Å²) in [7, 11) is 0. The molecule has 1 atom stereocenters. The van der Waals surface area contributed by atoms with Gasteiger partial charge in [-0.2, -0.15) is 0 Å². The molecular weight excluding hydrogens is 240 g/mol. The van der Waals surface area contributed by atoms with Crippen molar-refractivity contribution < 1.29 is 9.90 Å². The first-order chi connectivity index (χ1) is 7.99. The largest absolute Gasteiger partial charge is 0.394 e. The lowest BCUT2D eigenvalue weighted by molar-refractivity contribution is 0.0904. The minimum Gasteiger partial charge on any atom is -0.394 e. The second kappa shape index (κ2) is 6.07. The van der Waals surface area contributed by atoms with Crippen LogP contribution in [0.2, 0.25) is 5.02 Å². The fourth-order valence-electron chi connectivity index (χ4n) is 1.59. The normalized spacial score (nSPS) is 12.8. The number of hydrogen-bond donors (Lipinski definition) is 2. The number of rotatable bonds is 5. The monoisotopic (exact) mass is 258 g/mol. The highest BCUT2D eigenvalue weighted by Gasteiger charge is 2.17. The molecule has 2 N–H and O–H groups in total. The summed E-state index contributed by atoms with van der Waals surface area (Å²) in [6.45, 7) is 5.82. The Kier molecular flexibility index (Phi) is 5.02. The lowest BCUT2D eigenvalue weighted by Crippen LogP contribution is -2.38. The number of halogens is 1. The molecule has 0 radical (unpaired) electrons. The van der Waals surface area contributed by atoms with E-state index in [2.05, 4.69) is 5.32 Å². The summed E-state index contributed by atoms with van der Waals surface area (Å²) in [6, 6.07) is 1.59. The van der Waals surface area contributed by atoms with Gasteiger partial charge in [-0.05, 0) is 26.3 Å². The molecule has 0 saturated heterocycles. The summed E-state index contributed by atoms with van der Waals surface area (Å²) in [5.74, 6) is -0.202. The van der Waals surface area contributed by atoms with Crippen LogP contribution in [0.3, 0.4) is 0 Å². The lowest BCUT2D eigenvalue weighted by Gasteiger charge is -2.16. The second-order valence-electron chi connectivity index (χ2n) is 4.31. The van der Waals surface area contributed by atoms with Crippen LogP contribution in [0.15, 0.2) is 12.3 Å². The Balaban J connectivity index is 2.88. The van der Waals surface area contributed by atoms with Gasteiger partial charge >= 0.3 is 0 Å². The summed E-state index contributed by atoms with van der Waals surface area (Å²) in [5, 5.41) is 12.4. The van der Waals surface area contributed by atoms with Crippen molar-refractivity contribution in [3.8, 4) is 0 Å². The smallest absolute Gasteiger partial charge is 0.268 e. The predicted molar refractivity (Wildman–Crippen MR) is 68.5 cm³/mol. The highest BCUT2D eigenvalue weighted by molar-refractivity contribution is 6.31. The summed E-state index contributed by atoms with van der Waals surface area (Å²) in [5.41, 5.74) is 0.525. The number of aromatic nitrogens is 1. The van der Waals surface area contributed by atoms with E-state index in [-0.39, 0.29) is 24.6 Å². The van der Waals surface area contributed by atoms with Gasteiger partial charge < -0.3 is 15.0 Å². The molecule has 1 amide bonds. The van der Waals surface area contributed by atoms with Crippen LogP contribution in [0.1, 0.15) is 43.7 Å². The molecule has 0 saturated carbocycles. The average Bonchev–Trinajstić information content (AvgIpc) is 2.68. The maximum Gasteiger partial charge on any atom is 0.268 e. The van der Waals surface area contributed by atoms with Crippen molar-refractivity contribution in [2.45, 2.75) is 39.3 Å². The first-order valence-electron chi connectivity index (χ1n) is 5.78. The molecule has 1 aromatic rings. The molecule has 0 bridgehead atoms. The van der Waals surface area contributed by atoms with Gasteiger partial charge in [-0.1, -0.05) is 18.5 Å². The van der Waals surface area contributed by atoms with E-state index in [4.69, 9.17) is 16.7 Å². The minimum absolute atomic E-state index is 0.0572. The maximum absolute atomic E-state index is 12.0. The number of aliphatic hydroxyl groups is 1. The van der Waals surface area contributed by atoms with Crippen LogP contribution in [-0.2, 0) is 0 Å². The summed E-state index contributed by atoms with van der Waals surface area (Å²) in [6.07, 6.45) is 2.43. The van der Waals surface area contributed by atoms with Gasteiger partial charge in [0.1, 0.15) is 5.69 Å². The standard InChI is InChI=1S/C12H19ClN2O2/c1-4-10(7-16)14-12(17)11-5-9(13)6-15(11)8(2)3/h5-6,8,10,16H,4,7H2,1-3H3,(H,14,17)/t10-/m1/s1. The van der Waals surface area contributed by atoms with Gasteiger partial charge in [0.05, 0.1) is 17.7 Å². The van der Waals surface area contributed by atoms with Crippen LogP contribution in [-0.4, -0.2) is 28.2 Å². The third-order valence-corrected chi connectivity index (χ3v) is 2.86. The van der Waals surface area contributed by atoms with Crippen LogP contribution in [0.4, 0.5) is 0 Å². The van der Waals surface area contributed by atoms with Crippen LogP contribution < -0.4 is 5.32 Å². The van der Waals surface area contributed by atoms with Gasteiger partial charge in [-0.15, -0.1) is 0 Å². The van der Waals surface area contributed by atoms with Gasteiger partial charge in [0.15, 0.2) is 0 Å². The van der Waals surface area contributed by atoms with E-state index in [9.17, 15) is 4.79 Å². The lowest BCUT2D eigenvalue weighted by atomic mass is 10.2. The van der Waals surface area contributed by atoms with E-state index in [1.54, 1.807) is 12.3 Å². The molecule has 0 aromatic carbocycles. The molecular formula is C12H19ClN2O2. The maximum atomic E-state index is 12.0. The molecule has 4 nitrogen and oxygen atoms in total. The van der Waals surface area contributed by atoms with Crippen LogP contribution >= 0.6 is 11.6 Å². The molecule has 5 heteroatoms. The van der Waals surface area contributed by atoms with Gasteiger partial charge in [-0.25, -0.2) is 0 Å². The highest BCUT2D eigenvalue weighted by Crippen LogP contribution is 2.18. The summed E-state index contributed by atoms with van der Waals surface area (Å²) in [4.78, 5) is 12.0. The zero-order chi connectivity index (χ0) is 13.0. The molecule has 0 spiro atoms. The van der Waals surface area contributed by atoms with Crippen molar-refractivity contribution >= 4 is 17.5 Å². The third kappa shape index (κ3) is 3.48. The third-order valence-electron chi connectivity index (χ3n) is 2.65. The number of carbonyl (C=O) groups is 1. The van der Waals surface area contributed by atoms with Gasteiger partial charge in [0, 0.05) is 12.2 Å². The molecule has 1 aromatic heterocycles. The number of hydrogen-bond acceptors (Lipinski definition) is 2. The SMILES string of the molecule is CC[C@H](CO)NC(=O)c1cc(Cl)cn1C(C)C. The van der Waals surface area contributed by atoms with Crippen LogP contribution in [0.5, 0.6) is 0 Å². The Morgan fingerprint density at radius 3 is 2.71 bits per heavy atom. The molecule has 96 valence electrons. The highest BCUT2D eigenvalue weighted by atomic mass is 35.5. The Morgan fingerprint density at radius 1 is 1.59 bits per heavy atom. The number of amides is 1. The Morgan fingerprint density at radius 2 is 2.24 bits per heavy atom. The van der Waals surface area contributed by atoms with Crippen molar-refractivity contribution in [2.24, 2.45) is 0 Å². The van der Waals surface area contributed by atoms with Crippen molar-refractivity contribution in [3.05, 3.63) is 23.0 Å². The van der Waals surface area contributed by atoms with Crippen molar-refractivity contribution in [2.75, 3.05) is 6.61 Å². The van der Waals surface area contributed by atoms with Crippen molar-refractivity contribution in [3.63, 3.8) is 0 Å². The second-order valence-corrected chi connectivity index (χ2v) is 4.74. The molecule has 0 aliphatic heterocycles. The van der Waals surface area contributed by atoms with E-state index in [1.807, 2.05) is 25.3 Å². The molecule has 1 rings (SSSR count). The predicted octanol–water partition coefficient (Wildman–Crippen LogP) is 2.22. The van der Waals surface area contributed by atoms with Crippen LogP contribution in [0, 0.1) is 0 Å². The van der Waals surface area contributed by atoms with E-state index >= 15 is 0 Å². The number of carbonyl (C=O) groups excluding carboxylic acids is 1. The van der Waals surface area contributed by atoms with Crippen LogP contribution in [0.25, 0.3) is 0 Å². The topological polar surface area (TPSA) is 54.3 Å². The van der Waals surface area contributed by atoms with Crippen molar-refractivity contribution in [1.82, 2.24) is 9.88 Å². The molecule has 0 unspecified atom stereocenters. The number of aliphatic hydroxyl groups excluding tert-OH is 1. The van der Waals surface area contributed by atoms with E-state index in [0.29, 0.717) is 17.1 Å². The Labute approximate surface area is 107 Å². The summed E-state index contributed by atoms with van der Waals surface area (Å²) >= 11 is 5.91. The zero-order valence-corrected chi connectivity index (χ0v) is 11.2. The van der Waals surface area contributed by atoms with Gasteiger partial charge in [-0.3, -0.25) is 4.79 Å². The van der Waals surface area contributed by atoms with Gasteiger partial charge in [0.2, 0.25) is 0 Å². The quantitative estimate of drug-likeness (QED) is 0.851. The van der Waals surface area contributed by atoms with E-state index in [0.717, 1.165) is 0 Å². The van der Waals surface area contributed by atoms with Crippen molar-refractivity contribution in [1.29, 1.82) is 0 Å². The Hall–Kier alpha value is -1.00. The van der Waals surface area contributed by atoms with E-state index < -0.39 is 0 Å². The molecule has 0 aliphatic rings. The molecule has 0 fully saturated rings.